The summed E-state index contributed by atoms with van der Waals surface area (Å²) in [6, 6.07) is 12.4. The van der Waals surface area contributed by atoms with Gasteiger partial charge in [-0.05, 0) is 42.0 Å². The van der Waals surface area contributed by atoms with Crippen molar-refractivity contribution in [1.82, 2.24) is 5.43 Å². The van der Waals surface area contributed by atoms with E-state index in [4.69, 9.17) is 33.0 Å². The van der Waals surface area contributed by atoms with Crippen LogP contribution in [0.1, 0.15) is 11.1 Å². The van der Waals surface area contributed by atoms with E-state index in [2.05, 4.69) is 10.5 Å². The van der Waals surface area contributed by atoms with Crippen LogP contribution in [-0.2, 0) is 11.4 Å². The Bertz CT molecular complexity index is 703. The molecule has 0 aliphatic carbocycles. The third-order valence-corrected chi connectivity index (χ3v) is 3.42. The van der Waals surface area contributed by atoms with E-state index in [0.29, 0.717) is 22.4 Å². The van der Waals surface area contributed by atoms with Gasteiger partial charge < -0.3 is 9.84 Å². The molecule has 2 rings (SSSR count). The summed E-state index contributed by atoms with van der Waals surface area (Å²) in [7, 11) is 0. The van der Waals surface area contributed by atoms with Crippen LogP contribution in [0, 0.1) is 0 Å². The number of amides is 1. The number of carbonyl (C=O) groups excluding carboxylic acids is 1. The van der Waals surface area contributed by atoms with Crippen LogP contribution in [0.25, 0.3) is 0 Å². The minimum absolute atomic E-state index is 0.329. The second kappa shape index (κ2) is 8.53. The van der Waals surface area contributed by atoms with E-state index >= 15 is 0 Å². The van der Waals surface area contributed by atoms with E-state index in [1.54, 1.807) is 36.4 Å². The van der Waals surface area contributed by atoms with Gasteiger partial charge in [0.1, 0.15) is 19.0 Å². The number of aliphatic hydroxyl groups is 1. The molecule has 0 aliphatic rings. The lowest BCUT2D eigenvalue weighted by molar-refractivity contribution is -0.123. The highest BCUT2D eigenvalue weighted by Crippen LogP contribution is 2.22. The van der Waals surface area contributed by atoms with Gasteiger partial charge in [-0.25, -0.2) is 5.43 Å². The van der Waals surface area contributed by atoms with Crippen LogP contribution in [0.5, 0.6) is 5.75 Å². The maximum absolute atomic E-state index is 10.8. The van der Waals surface area contributed by atoms with Gasteiger partial charge in [0.25, 0.3) is 5.91 Å². The zero-order chi connectivity index (χ0) is 16.7. The molecule has 23 heavy (non-hydrogen) atoms. The molecule has 120 valence electrons. The first kappa shape index (κ1) is 17.3. The molecule has 0 bridgehead atoms. The van der Waals surface area contributed by atoms with Crippen LogP contribution in [0.15, 0.2) is 47.6 Å². The fourth-order valence-electron chi connectivity index (χ4n) is 1.66. The van der Waals surface area contributed by atoms with E-state index in [-0.39, 0.29) is 0 Å². The van der Waals surface area contributed by atoms with E-state index in [0.717, 1.165) is 11.1 Å². The monoisotopic (exact) mass is 352 g/mol. The average molecular weight is 353 g/mol. The predicted molar refractivity (Wildman–Crippen MR) is 90.1 cm³/mol. The summed E-state index contributed by atoms with van der Waals surface area (Å²) in [5.41, 5.74) is 3.80. The van der Waals surface area contributed by atoms with E-state index < -0.39 is 12.5 Å². The van der Waals surface area contributed by atoms with Crippen LogP contribution in [-0.4, -0.2) is 23.8 Å². The highest BCUT2D eigenvalue weighted by atomic mass is 35.5. The number of nitrogens with one attached hydrogen (secondary N) is 1. The number of nitrogens with zero attached hydrogens (tertiary/aromatic N) is 1. The number of rotatable bonds is 6. The molecule has 7 heteroatoms. The molecule has 0 aliphatic heterocycles. The number of benzene rings is 2. The zero-order valence-corrected chi connectivity index (χ0v) is 13.5. The van der Waals surface area contributed by atoms with Crippen LogP contribution in [0.3, 0.4) is 0 Å². The third-order valence-electron chi connectivity index (χ3n) is 2.84. The third kappa shape index (κ3) is 5.56. The number of halogens is 2. The molecule has 2 aromatic rings. The Hall–Kier alpha value is -2.08. The smallest absolute Gasteiger partial charge is 0.265 e. The largest absolute Gasteiger partial charge is 0.489 e. The average Bonchev–Trinajstić information content (AvgIpc) is 2.55. The standard InChI is InChI=1S/C16H14Cl2N2O3/c17-13-4-3-12(15(18)7-13)10-23-14-5-1-11(2-6-14)8-19-20-16(22)9-21/h1-8,21H,9-10H2,(H,20,22)/b19-8-. The number of hydrogen-bond acceptors (Lipinski definition) is 4. The van der Waals surface area contributed by atoms with Crippen molar-refractivity contribution in [3.05, 3.63) is 63.6 Å². The van der Waals surface area contributed by atoms with Crippen molar-refractivity contribution in [3.8, 4) is 5.75 Å². The Labute approximate surface area is 143 Å². The highest BCUT2D eigenvalue weighted by molar-refractivity contribution is 6.35. The first-order valence-electron chi connectivity index (χ1n) is 6.68. The van der Waals surface area contributed by atoms with Crippen molar-refractivity contribution >= 4 is 35.3 Å². The first-order chi connectivity index (χ1) is 11.1. The molecule has 0 atom stereocenters. The summed E-state index contributed by atoms with van der Waals surface area (Å²) in [5.74, 6) is 0.105. The van der Waals surface area contributed by atoms with E-state index in [1.165, 1.54) is 6.21 Å². The fourth-order valence-corrected chi connectivity index (χ4v) is 2.13. The van der Waals surface area contributed by atoms with E-state index in [1.807, 2.05) is 6.07 Å². The van der Waals surface area contributed by atoms with Gasteiger partial charge in [-0.2, -0.15) is 5.10 Å². The molecule has 0 saturated carbocycles. The summed E-state index contributed by atoms with van der Waals surface area (Å²) in [6.07, 6.45) is 1.47. The Kier molecular flexibility index (Phi) is 6.40. The van der Waals surface area contributed by atoms with Gasteiger partial charge in [0.2, 0.25) is 0 Å². The van der Waals surface area contributed by atoms with Gasteiger partial charge in [-0.3, -0.25) is 4.79 Å². The van der Waals surface area contributed by atoms with E-state index in [9.17, 15) is 4.79 Å². The lowest BCUT2D eigenvalue weighted by Crippen LogP contribution is -2.20. The molecule has 1 amide bonds. The lowest BCUT2D eigenvalue weighted by Gasteiger charge is -2.08. The van der Waals surface area contributed by atoms with Crippen molar-refractivity contribution < 1.29 is 14.6 Å². The number of hydrogen-bond donors (Lipinski definition) is 2. The topological polar surface area (TPSA) is 70.9 Å². The first-order valence-corrected chi connectivity index (χ1v) is 7.43. The van der Waals surface area contributed by atoms with Gasteiger partial charge >= 0.3 is 0 Å². The highest BCUT2D eigenvalue weighted by Gasteiger charge is 2.02. The fraction of sp³-hybridized carbons (Fsp3) is 0.125. The number of ether oxygens (including phenoxy) is 1. The molecule has 0 spiro atoms. The number of carbonyl (C=O) groups is 1. The van der Waals surface area contributed by atoms with Gasteiger partial charge in [0.05, 0.1) is 6.21 Å². The van der Waals surface area contributed by atoms with Gasteiger partial charge in [0, 0.05) is 15.6 Å². The summed E-state index contributed by atoms with van der Waals surface area (Å²) in [5, 5.41) is 13.4. The van der Waals surface area contributed by atoms with Crippen molar-refractivity contribution in [2.75, 3.05) is 6.61 Å². The normalized spacial score (nSPS) is 10.7. The molecule has 0 unspecified atom stereocenters. The minimum atomic E-state index is -0.600. The lowest BCUT2D eigenvalue weighted by atomic mass is 10.2. The molecule has 0 radical (unpaired) electrons. The van der Waals surface area contributed by atoms with Crippen molar-refractivity contribution in [1.29, 1.82) is 0 Å². The maximum atomic E-state index is 10.8. The predicted octanol–water partition coefficient (Wildman–Crippen LogP) is 3.01. The second-order valence-corrected chi connectivity index (χ2v) is 5.39. The molecular formula is C16H14Cl2N2O3. The summed E-state index contributed by atoms with van der Waals surface area (Å²) in [6.45, 7) is -0.270. The molecule has 2 N–H and O–H groups in total. The SMILES string of the molecule is O=C(CO)N/N=C\c1ccc(OCc2ccc(Cl)cc2Cl)cc1. The van der Waals surface area contributed by atoms with Crippen LogP contribution < -0.4 is 10.2 Å². The number of hydrazone groups is 1. The molecule has 0 saturated heterocycles. The quantitative estimate of drug-likeness (QED) is 0.620. The maximum Gasteiger partial charge on any atom is 0.265 e. The molecule has 5 nitrogen and oxygen atoms in total. The molecule has 0 aromatic heterocycles. The molecule has 0 fully saturated rings. The Morgan fingerprint density at radius 1 is 1.22 bits per heavy atom. The van der Waals surface area contributed by atoms with Crippen LogP contribution in [0.4, 0.5) is 0 Å². The summed E-state index contributed by atoms with van der Waals surface area (Å²) in [4.78, 5) is 10.8. The van der Waals surface area contributed by atoms with Crippen molar-refractivity contribution in [2.24, 2.45) is 5.10 Å². The van der Waals surface area contributed by atoms with Gasteiger partial charge in [0.15, 0.2) is 0 Å². The van der Waals surface area contributed by atoms with Crippen molar-refractivity contribution in [2.45, 2.75) is 6.61 Å². The summed E-state index contributed by atoms with van der Waals surface area (Å²) < 4.78 is 5.65. The second-order valence-electron chi connectivity index (χ2n) is 4.54. The Morgan fingerprint density at radius 2 is 1.96 bits per heavy atom. The zero-order valence-electron chi connectivity index (χ0n) is 12.0. The van der Waals surface area contributed by atoms with Crippen molar-refractivity contribution in [3.63, 3.8) is 0 Å². The molecular weight excluding hydrogens is 339 g/mol. The molecule has 2 aromatic carbocycles. The van der Waals surface area contributed by atoms with Crippen LogP contribution >= 0.6 is 23.2 Å². The Balaban J connectivity index is 1.91. The van der Waals surface area contributed by atoms with Gasteiger partial charge in [-0.15, -0.1) is 0 Å². The number of aliphatic hydroxyl groups excluding tert-OH is 1. The van der Waals surface area contributed by atoms with Gasteiger partial charge in [-0.1, -0.05) is 29.3 Å². The minimum Gasteiger partial charge on any atom is -0.489 e. The summed E-state index contributed by atoms with van der Waals surface area (Å²) >= 11 is 11.9. The van der Waals surface area contributed by atoms with Crippen LogP contribution in [0.2, 0.25) is 10.0 Å². The Morgan fingerprint density at radius 3 is 2.61 bits per heavy atom. The molecule has 0 heterocycles.